The molecule has 2 rings (SSSR count). The molecule has 0 aliphatic carbocycles. The summed E-state index contributed by atoms with van der Waals surface area (Å²) in [5.74, 6) is 0.549. The Hall–Kier alpha value is -0.930. The zero-order valence-electron chi connectivity index (χ0n) is 12.0. The Kier molecular flexibility index (Phi) is 5.17. The normalized spacial score (nSPS) is 13.0. The lowest BCUT2D eigenvalue weighted by molar-refractivity contribution is 0.430. The first kappa shape index (κ1) is 15.5. The van der Waals surface area contributed by atoms with E-state index in [2.05, 4.69) is 23.4 Å². The molecular formula is C15H21Cl2N3. The molecule has 3 nitrogen and oxygen atoms in total. The predicted octanol–water partition coefficient (Wildman–Crippen LogP) is 5.46. The van der Waals surface area contributed by atoms with Gasteiger partial charge in [0.25, 0.3) is 0 Å². The minimum Gasteiger partial charge on any atom is -0.369 e. The second kappa shape index (κ2) is 6.68. The Bertz CT molecular complexity index is 592. The molecule has 1 aromatic carbocycles. The van der Waals surface area contributed by atoms with Crippen LogP contribution in [0.1, 0.15) is 52.0 Å². The monoisotopic (exact) mass is 313 g/mol. The van der Waals surface area contributed by atoms with Crippen molar-refractivity contribution in [2.45, 2.75) is 52.0 Å². The molecule has 0 aliphatic rings. The maximum atomic E-state index is 6.14. The molecule has 2 N–H and O–H groups in total. The Labute approximate surface area is 130 Å². The van der Waals surface area contributed by atoms with Crippen molar-refractivity contribution < 1.29 is 0 Å². The molecule has 0 saturated heterocycles. The summed E-state index contributed by atoms with van der Waals surface area (Å²) in [6, 6.07) is 4.04. The van der Waals surface area contributed by atoms with E-state index in [4.69, 9.17) is 28.9 Å². The van der Waals surface area contributed by atoms with Gasteiger partial charge in [-0.25, -0.2) is 4.98 Å². The SMILES string of the molecule is CCCCC(CCC)n1c(N)nc2cc(Cl)c(Cl)cc21. The van der Waals surface area contributed by atoms with E-state index in [1.165, 1.54) is 12.8 Å². The highest BCUT2D eigenvalue weighted by atomic mass is 35.5. The van der Waals surface area contributed by atoms with Crippen molar-refractivity contribution in [3.05, 3.63) is 22.2 Å². The molecule has 1 unspecified atom stereocenters. The molecule has 20 heavy (non-hydrogen) atoms. The van der Waals surface area contributed by atoms with Crippen LogP contribution in [0.3, 0.4) is 0 Å². The van der Waals surface area contributed by atoms with Gasteiger partial charge in [0.15, 0.2) is 0 Å². The number of imidazole rings is 1. The van der Waals surface area contributed by atoms with E-state index < -0.39 is 0 Å². The molecule has 110 valence electrons. The molecule has 0 spiro atoms. The number of nitrogen functional groups attached to an aromatic ring is 1. The number of unbranched alkanes of at least 4 members (excludes halogenated alkanes) is 1. The predicted molar refractivity (Wildman–Crippen MR) is 87.6 cm³/mol. The quantitative estimate of drug-likeness (QED) is 0.769. The van der Waals surface area contributed by atoms with Crippen molar-refractivity contribution >= 4 is 40.2 Å². The van der Waals surface area contributed by atoms with Gasteiger partial charge in [-0.1, -0.05) is 56.3 Å². The molecule has 1 atom stereocenters. The maximum absolute atomic E-state index is 6.14. The molecule has 1 heterocycles. The Morgan fingerprint density at radius 3 is 2.50 bits per heavy atom. The van der Waals surface area contributed by atoms with Gasteiger partial charge in [-0.05, 0) is 25.0 Å². The minimum absolute atomic E-state index is 0.377. The van der Waals surface area contributed by atoms with Crippen molar-refractivity contribution in [2.24, 2.45) is 0 Å². The summed E-state index contributed by atoms with van der Waals surface area (Å²) in [5.41, 5.74) is 7.91. The van der Waals surface area contributed by atoms with Gasteiger partial charge in [-0.2, -0.15) is 0 Å². The fourth-order valence-corrected chi connectivity index (χ4v) is 2.98. The number of aromatic nitrogens is 2. The summed E-state index contributed by atoms with van der Waals surface area (Å²) in [6.45, 7) is 4.40. The molecule has 0 saturated carbocycles. The van der Waals surface area contributed by atoms with Gasteiger partial charge in [0.05, 0.1) is 21.1 Å². The first-order chi connectivity index (χ1) is 9.58. The van der Waals surface area contributed by atoms with Crippen LogP contribution in [-0.4, -0.2) is 9.55 Å². The molecule has 0 amide bonds. The Morgan fingerprint density at radius 1 is 1.15 bits per heavy atom. The van der Waals surface area contributed by atoms with Crippen LogP contribution in [0.15, 0.2) is 12.1 Å². The minimum atomic E-state index is 0.377. The first-order valence-corrected chi connectivity index (χ1v) is 7.96. The third kappa shape index (κ3) is 3.04. The zero-order chi connectivity index (χ0) is 14.7. The Morgan fingerprint density at radius 2 is 1.85 bits per heavy atom. The molecule has 5 heteroatoms. The van der Waals surface area contributed by atoms with Crippen molar-refractivity contribution in [1.82, 2.24) is 9.55 Å². The van der Waals surface area contributed by atoms with Crippen LogP contribution in [0.2, 0.25) is 10.0 Å². The van der Waals surface area contributed by atoms with E-state index in [1.54, 1.807) is 6.07 Å². The fourth-order valence-electron chi connectivity index (χ4n) is 2.67. The molecule has 0 aliphatic heterocycles. The van der Waals surface area contributed by atoms with Crippen molar-refractivity contribution in [2.75, 3.05) is 5.73 Å². The van der Waals surface area contributed by atoms with E-state index in [9.17, 15) is 0 Å². The summed E-state index contributed by atoms with van der Waals surface area (Å²) in [7, 11) is 0. The second-order valence-electron chi connectivity index (χ2n) is 5.18. The number of hydrogen-bond donors (Lipinski definition) is 1. The lowest BCUT2D eigenvalue weighted by atomic mass is 10.0. The van der Waals surface area contributed by atoms with Crippen LogP contribution in [-0.2, 0) is 0 Å². The zero-order valence-corrected chi connectivity index (χ0v) is 13.5. The van der Waals surface area contributed by atoms with Gasteiger partial charge in [0, 0.05) is 6.04 Å². The molecule has 0 bridgehead atoms. The van der Waals surface area contributed by atoms with Gasteiger partial charge in [0.1, 0.15) is 0 Å². The second-order valence-corrected chi connectivity index (χ2v) is 5.99. The number of nitrogens with zero attached hydrogens (tertiary/aromatic N) is 2. The number of rotatable bonds is 6. The highest BCUT2D eigenvalue weighted by molar-refractivity contribution is 6.42. The van der Waals surface area contributed by atoms with Crippen LogP contribution in [0.25, 0.3) is 11.0 Å². The van der Waals surface area contributed by atoms with E-state index >= 15 is 0 Å². The molecule has 0 fully saturated rings. The maximum Gasteiger partial charge on any atom is 0.201 e. The van der Waals surface area contributed by atoms with Crippen LogP contribution in [0, 0.1) is 0 Å². The van der Waals surface area contributed by atoms with E-state index in [0.29, 0.717) is 22.0 Å². The van der Waals surface area contributed by atoms with Gasteiger partial charge in [-0.15, -0.1) is 0 Å². The summed E-state index contributed by atoms with van der Waals surface area (Å²) >= 11 is 12.2. The largest absolute Gasteiger partial charge is 0.369 e. The Balaban J connectivity index is 2.49. The number of anilines is 1. The molecule has 1 aromatic heterocycles. The van der Waals surface area contributed by atoms with Crippen LogP contribution in [0.5, 0.6) is 0 Å². The molecular weight excluding hydrogens is 293 g/mol. The van der Waals surface area contributed by atoms with E-state index in [1.807, 2.05) is 6.07 Å². The highest BCUT2D eigenvalue weighted by Gasteiger charge is 2.18. The van der Waals surface area contributed by atoms with Gasteiger partial charge in [0.2, 0.25) is 5.95 Å². The number of fused-ring (bicyclic) bond motifs is 1. The van der Waals surface area contributed by atoms with Gasteiger partial charge < -0.3 is 10.3 Å². The molecule has 2 aromatic rings. The van der Waals surface area contributed by atoms with Crippen molar-refractivity contribution in [3.63, 3.8) is 0 Å². The van der Waals surface area contributed by atoms with Gasteiger partial charge in [-0.3, -0.25) is 0 Å². The van der Waals surface area contributed by atoms with E-state index in [-0.39, 0.29) is 0 Å². The summed E-state index contributed by atoms with van der Waals surface area (Å²) in [4.78, 5) is 4.42. The smallest absolute Gasteiger partial charge is 0.201 e. The summed E-state index contributed by atoms with van der Waals surface area (Å²) < 4.78 is 2.12. The van der Waals surface area contributed by atoms with Crippen molar-refractivity contribution in [3.8, 4) is 0 Å². The van der Waals surface area contributed by atoms with Gasteiger partial charge >= 0.3 is 0 Å². The topological polar surface area (TPSA) is 43.8 Å². The highest BCUT2D eigenvalue weighted by Crippen LogP contribution is 2.33. The van der Waals surface area contributed by atoms with Crippen molar-refractivity contribution in [1.29, 1.82) is 0 Å². The van der Waals surface area contributed by atoms with Crippen LogP contribution < -0.4 is 5.73 Å². The average molecular weight is 314 g/mol. The number of halogens is 2. The first-order valence-electron chi connectivity index (χ1n) is 7.20. The lowest BCUT2D eigenvalue weighted by Crippen LogP contribution is -2.12. The lowest BCUT2D eigenvalue weighted by Gasteiger charge is -2.20. The molecule has 0 radical (unpaired) electrons. The summed E-state index contributed by atoms with van der Waals surface area (Å²) in [6.07, 6.45) is 5.69. The van der Waals surface area contributed by atoms with Crippen LogP contribution in [0.4, 0.5) is 5.95 Å². The number of benzene rings is 1. The number of hydrogen-bond acceptors (Lipinski definition) is 2. The standard InChI is InChI=1S/C15H21Cl2N3/c1-3-5-7-10(6-4-2)20-14-9-12(17)11(16)8-13(14)19-15(20)18/h8-10H,3-7H2,1-2H3,(H2,18,19). The summed E-state index contributed by atoms with van der Waals surface area (Å²) in [5, 5.41) is 1.07. The fraction of sp³-hybridized carbons (Fsp3) is 0.533. The third-order valence-corrected chi connectivity index (χ3v) is 4.36. The van der Waals surface area contributed by atoms with E-state index in [0.717, 1.165) is 30.3 Å². The number of nitrogens with two attached hydrogens (primary N) is 1. The van der Waals surface area contributed by atoms with Crippen LogP contribution >= 0.6 is 23.2 Å². The average Bonchev–Trinajstić information content (AvgIpc) is 2.71. The third-order valence-electron chi connectivity index (χ3n) is 3.64.